The summed E-state index contributed by atoms with van der Waals surface area (Å²) in [6.07, 6.45) is 8.32. The number of rotatable bonds is 5. The molecule has 0 radical (unpaired) electrons. The van der Waals surface area contributed by atoms with E-state index in [9.17, 15) is 0 Å². The van der Waals surface area contributed by atoms with E-state index in [-0.39, 0.29) is 0 Å². The lowest BCUT2D eigenvalue weighted by Gasteiger charge is -2.27. The number of aryl methyl sites for hydroxylation is 2. The topological polar surface area (TPSA) is 7.12 Å². The summed E-state index contributed by atoms with van der Waals surface area (Å²) in [4.78, 5) is 3.96. The number of hydrogen-bond acceptors (Lipinski definition) is 2. The maximum absolute atomic E-state index is 2.55. The molecule has 164 valence electrons. The molecule has 0 bridgehead atoms. The fraction of sp³-hybridized carbons (Fsp3) is 0.233. The summed E-state index contributed by atoms with van der Waals surface area (Å²) in [5, 5.41) is 2.67. The van der Waals surface area contributed by atoms with E-state index in [0.29, 0.717) is 0 Å². The summed E-state index contributed by atoms with van der Waals surface area (Å²) >= 11 is 1.93. The molecule has 6 rings (SSSR count). The van der Waals surface area contributed by atoms with Crippen LogP contribution in [0.1, 0.15) is 43.0 Å². The Bertz CT molecular complexity index is 1360. The first-order chi connectivity index (χ1) is 16.3. The van der Waals surface area contributed by atoms with Crippen LogP contribution in [0.2, 0.25) is 0 Å². The highest BCUT2D eigenvalue weighted by molar-refractivity contribution is 8.03. The highest BCUT2D eigenvalue weighted by Crippen LogP contribution is 2.50. The normalized spacial score (nSPS) is 15.9. The number of pyridine rings is 1. The highest BCUT2D eigenvalue weighted by Gasteiger charge is 2.30. The second-order valence-electron chi connectivity index (χ2n) is 8.99. The Morgan fingerprint density at radius 2 is 1.82 bits per heavy atom. The molecule has 4 aromatic rings. The van der Waals surface area contributed by atoms with Crippen LogP contribution < -0.4 is 9.47 Å². The molecule has 0 unspecified atom stereocenters. The van der Waals surface area contributed by atoms with E-state index >= 15 is 0 Å². The Kier molecular flexibility index (Phi) is 5.43. The first kappa shape index (κ1) is 20.6. The molecule has 2 nitrogen and oxygen atoms in total. The predicted molar refractivity (Wildman–Crippen MR) is 140 cm³/mol. The molecule has 0 saturated carbocycles. The van der Waals surface area contributed by atoms with Gasteiger partial charge in [0.05, 0.1) is 16.1 Å². The van der Waals surface area contributed by atoms with Gasteiger partial charge in [-0.25, -0.2) is 0 Å². The lowest BCUT2D eigenvalue weighted by atomic mass is 10.0. The SMILES string of the molecule is CCCCc1cc(C=C2Sc3cccc4c3N2CCC4)c2ccccc2[n+]1-c1ccccc1. The highest BCUT2D eigenvalue weighted by atomic mass is 32.2. The summed E-state index contributed by atoms with van der Waals surface area (Å²) in [7, 11) is 0. The number of para-hydroxylation sites is 3. The van der Waals surface area contributed by atoms with Gasteiger partial charge in [0.15, 0.2) is 5.69 Å². The van der Waals surface area contributed by atoms with Crippen molar-refractivity contribution >= 4 is 34.4 Å². The molecule has 2 aliphatic rings. The lowest BCUT2D eigenvalue weighted by Crippen LogP contribution is -2.37. The quantitative estimate of drug-likeness (QED) is 0.295. The molecule has 0 saturated heterocycles. The summed E-state index contributed by atoms with van der Waals surface area (Å²) in [5.41, 5.74) is 8.18. The van der Waals surface area contributed by atoms with Crippen molar-refractivity contribution in [3.05, 3.63) is 101 Å². The maximum Gasteiger partial charge on any atom is 0.219 e. The molecule has 0 spiro atoms. The molecular weight excluding hydrogens is 420 g/mol. The van der Waals surface area contributed by atoms with Crippen molar-refractivity contribution < 1.29 is 4.57 Å². The summed E-state index contributed by atoms with van der Waals surface area (Å²) in [5.74, 6) is 0. The van der Waals surface area contributed by atoms with E-state index in [2.05, 4.69) is 101 Å². The van der Waals surface area contributed by atoms with E-state index in [4.69, 9.17) is 0 Å². The van der Waals surface area contributed by atoms with Gasteiger partial charge in [0.1, 0.15) is 0 Å². The molecule has 3 heteroatoms. The van der Waals surface area contributed by atoms with Crippen molar-refractivity contribution in [1.82, 2.24) is 0 Å². The molecule has 0 atom stereocenters. The van der Waals surface area contributed by atoms with Crippen molar-refractivity contribution in [3.63, 3.8) is 0 Å². The van der Waals surface area contributed by atoms with E-state index in [1.165, 1.54) is 74.7 Å². The van der Waals surface area contributed by atoms with Crippen LogP contribution in [-0.2, 0) is 12.8 Å². The number of nitrogens with zero attached hydrogens (tertiary/aromatic N) is 2. The predicted octanol–water partition coefficient (Wildman–Crippen LogP) is 7.32. The summed E-state index contributed by atoms with van der Waals surface area (Å²) in [6, 6.07) is 28.9. The minimum atomic E-state index is 1.08. The van der Waals surface area contributed by atoms with Gasteiger partial charge in [-0.1, -0.05) is 67.6 Å². The van der Waals surface area contributed by atoms with Crippen LogP contribution in [0.3, 0.4) is 0 Å². The van der Waals surface area contributed by atoms with Crippen LogP contribution in [-0.4, -0.2) is 6.54 Å². The van der Waals surface area contributed by atoms with Crippen molar-refractivity contribution in [2.24, 2.45) is 0 Å². The second-order valence-corrected chi connectivity index (χ2v) is 10.0. The first-order valence-corrected chi connectivity index (χ1v) is 13.0. The maximum atomic E-state index is 2.55. The third-order valence-electron chi connectivity index (χ3n) is 6.81. The zero-order valence-electron chi connectivity index (χ0n) is 19.1. The molecule has 2 aliphatic heterocycles. The van der Waals surface area contributed by atoms with Crippen LogP contribution in [0.5, 0.6) is 0 Å². The van der Waals surface area contributed by atoms with Crippen molar-refractivity contribution in [2.45, 2.75) is 43.9 Å². The average Bonchev–Trinajstić information content (AvgIpc) is 3.22. The zero-order chi connectivity index (χ0) is 22.2. The van der Waals surface area contributed by atoms with Gasteiger partial charge in [-0.3, -0.25) is 0 Å². The standard InChI is InChI=1S/C30H29N2S/c1-2-3-13-25-20-23(21-29-31-19-10-12-22-11-9-18-28(33-29)30(22)31)26-16-7-8-17-27(26)32(25)24-14-5-4-6-15-24/h4-9,11,14-18,20-21H,2-3,10,12-13,19H2,1H3/q+1. The van der Waals surface area contributed by atoms with E-state index in [1.807, 2.05) is 11.8 Å². The minimum Gasteiger partial charge on any atom is -0.335 e. The van der Waals surface area contributed by atoms with Crippen LogP contribution in [0.15, 0.2) is 88.8 Å². The first-order valence-electron chi connectivity index (χ1n) is 12.1. The summed E-state index contributed by atoms with van der Waals surface area (Å²) < 4.78 is 2.46. The number of benzene rings is 3. The fourth-order valence-electron chi connectivity index (χ4n) is 5.26. The number of anilines is 1. The van der Waals surface area contributed by atoms with Crippen molar-refractivity contribution in [2.75, 3.05) is 11.4 Å². The molecule has 0 N–H and O–H groups in total. The Hall–Kier alpha value is -3.04. The molecule has 0 amide bonds. The third kappa shape index (κ3) is 3.65. The van der Waals surface area contributed by atoms with Gasteiger partial charge in [-0.05, 0) is 48.6 Å². The summed E-state index contributed by atoms with van der Waals surface area (Å²) in [6.45, 7) is 3.39. The Balaban J connectivity index is 1.54. The molecule has 3 aromatic carbocycles. The van der Waals surface area contributed by atoms with E-state index in [1.54, 1.807) is 0 Å². The number of hydrogen-bond donors (Lipinski definition) is 0. The van der Waals surface area contributed by atoms with Gasteiger partial charge in [-0.15, -0.1) is 0 Å². The molecule has 3 heterocycles. The minimum absolute atomic E-state index is 1.08. The van der Waals surface area contributed by atoms with E-state index in [0.717, 1.165) is 13.0 Å². The monoisotopic (exact) mass is 449 g/mol. The van der Waals surface area contributed by atoms with Gasteiger partial charge in [-0.2, -0.15) is 4.57 Å². The molecule has 1 aromatic heterocycles. The average molecular weight is 450 g/mol. The van der Waals surface area contributed by atoms with Gasteiger partial charge in [0.2, 0.25) is 11.2 Å². The number of aromatic nitrogens is 1. The Morgan fingerprint density at radius 3 is 2.70 bits per heavy atom. The van der Waals surface area contributed by atoms with Crippen LogP contribution in [0.25, 0.3) is 22.7 Å². The number of fused-ring (bicyclic) bond motifs is 1. The van der Waals surface area contributed by atoms with Gasteiger partial charge >= 0.3 is 0 Å². The van der Waals surface area contributed by atoms with E-state index < -0.39 is 0 Å². The van der Waals surface area contributed by atoms with Crippen LogP contribution in [0, 0.1) is 0 Å². The Morgan fingerprint density at radius 1 is 0.970 bits per heavy atom. The van der Waals surface area contributed by atoms with Crippen molar-refractivity contribution in [3.8, 4) is 5.69 Å². The Labute approximate surface area is 200 Å². The number of thioether (sulfide) groups is 1. The lowest BCUT2D eigenvalue weighted by molar-refractivity contribution is -0.576. The van der Waals surface area contributed by atoms with Crippen molar-refractivity contribution in [1.29, 1.82) is 0 Å². The van der Waals surface area contributed by atoms with Gasteiger partial charge in [0, 0.05) is 42.1 Å². The van der Waals surface area contributed by atoms with Crippen LogP contribution >= 0.6 is 11.8 Å². The number of unbranched alkanes of at least 4 members (excludes halogenated alkanes) is 1. The molecule has 33 heavy (non-hydrogen) atoms. The van der Waals surface area contributed by atoms with Gasteiger partial charge < -0.3 is 4.90 Å². The zero-order valence-corrected chi connectivity index (χ0v) is 19.9. The third-order valence-corrected chi connectivity index (χ3v) is 7.90. The largest absolute Gasteiger partial charge is 0.335 e. The van der Waals surface area contributed by atoms with Gasteiger partial charge in [0.25, 0.3) is 0 Å². The second kappa shape index (κ2) is 8.72. The molecule has 0 fully saturated rings. The molecule has 0 aliphatic carbocycles. The van der Waals surface area contributed by atoms with Crippen LogP contribution in [0.4, 0.5) is 5.69 Å². The molecular formula is C30H29N2S+. The smallest absolute Gasteiger partial charge is 0.219 e. The fourth-order valence-corrected chi connectivity index (χ4v) is 6.45.